The van der Waals surface area contributed by atoms with Crippen LogP contribution in [-0.4, -0.2) is 0 Å². The van der Waals surface area contributed by atoms with Gasteiger partial charge in [0.25, 0.3) is 0 Å². The highest BCUT2D eigenvalue weighted by atomic mass is 14.2. The van der Waals surface area contributed by atoms with Gasteiger partial charge in [-0.15, -0.1) is 12.8 Å². The zero-order valence-corrected chi connectivity index (χ0v) is 34.0. The molecule has 0 spiro atoms. The molecule has 0 heterocycles. The number of aryl methyl sites for hydroxylation is 1. The lowest BCUT2D eigenvalue weighted by Crippen LogP contribution is -1.99. The Morgan fingerprint density at radius 3 is 1.48 bits per heavy atom. The molecule has 0 nitrogen and oxygen atoms in total. The second kappa shape index (κ2) is 19.3. The van der Waals surface area contributed by atoms with Gasteiger partial charge in [0.2, 0.25) is 0 Å². The molecule has 0 N–H and O–H groups in total. The summed E-state index contributed by atoms with van der Waals surface area (Å²) in [7, 11) is 0. The van der Waals surface area contributed by atoms with Crippen molar-refractivity contribution < 1.29 is 0 Å². The van der Waals surface area contributed by atoms with Crippen molar-refractivity contribution >= 4 is 27.9 Å². The minimum absolute atomic E-state index is 1.05. The standard InChI is InChI=1S/C45H42.C9H10.C2H2/c1-30-16-10-13-25-44(30)45(33(4)31(2)36-17-8-7-9-18-36)34(5)32(3)37-21-14-23-41(26-37)42-24-15-22-38(27-42)35(6)43-28-39-19-11-12-20-40(39)29-43;1-8(2)9-6-4-3-5-7-9;1-2/h7-27H,3,28-29H2,1-2,4-6H3;3-7H,1H2,2H3;1-2H/b33-31+,45-34+;;. The molecule has 0 saturated heterocycles. The molecular weight excluding hydrogens is 673 g/mol. The molecule has 278 valence electrons. The maximum absolute atomic E-state index is 4.68. The summed E-state index contributed by atoms with van der Waals surface area (Å²) in [5.41, 5.74) is 22.9. The van der Waals surface area contributed by atoms with Crippen LogP contribution in [0.2, 0.25) is 0 Å². The van der Waals surface area contributed by atoms with Gasteiger partial charge in [-0.1, -0.05) is 170 Å². The first-order chi connectivity index (χ1) is 27.1. The number of fused-ring (bicyclic) bond motifs is 1. The van der Waals surface area contributed by atoms with E-state index in [0.717, 1.165) is 29.6 Å². The van der Waals surface area contributed by atoms with Crippen LogP contribution in [0.4, 0.5) is 0 Å². The molecule has 0 aromatic heterocycles. The molecule has 0 amide bonds. The van der Waals surface area contributed by atoms with Crippen molar-refractivity contribution in [1.29, 1.82) is 0 Å². The molecule has 6 aromatic rings. The summed E-state index contributed by atoms with van der Waals surface area (Å²) in [4.78, 5) is 0. The van der Waals surface area contributed by atoms with E-state index < -0.39 is 0 Å². The van der Waals surface area contributed by atoms with E-state index in [1.807, 2.05) is 25.1 Å². The Kier molecular flexibility index (Phi) is 14.0. The SMILES string of the molecule is C#C.C=C(/C(C)=C(\C(C)=C(/C)c1ccccc1)c1ccccc1C)c1cccc(-c2cccc(C(C)=C3Cc4ccccc4C3)c2)c1.C=C(C)c1ccccc1. The minimum atomic E-state index is 1.05. The molecule has 0 heteroatoms. The van der Waals surface area contributed by atoms with Crippen LogP contribution in [0.25, 0.3) is 39.0 Å². The highest BCUT2D eigenvalue weighted by Crippen LogP contribution is 2.39. The summed E-state index contributed by atoms with van der Waals surface area (Å²) in [6.07, 6.45) is 10.1. The smallest absolute Gasteiger partial charge is 0.00550 e. The Balaban J connectivity index is 0.000000476. The van der Waals surface area contributed by atoms with E-state index >= 15 is 0 Å². The third-order valence-corrected chi connectivity index (χ3v) is 10.9. The van der Waals surface area contributed by atoms with E-state index in [4.69, 9.17) is 0 Å². The third-order valence-electron chi connectivity index (χ3n) is 10.9. The van der Waals surface area contributed by atoms with Gasteiger partial charge < -0.3 is 0 Å². The van der Waals surface area contributed by atoms with Gasteiger partial charge in [0.1, 0.15) is 0 Å². The molecule has 1 aliphatic carbocycles. The first kappa shape index (κ1) is 40.8. The van der Waals surface area contributed by atoms with E-state index in [1.165, 1.54) is 83.5 Å². The normalized spacial score (nSPS) is 12.4. The van der Waals surface area contributed by atoms with Crippen molar-refractivity contribution in [1.82, 2.24) is 0 Å². The summed E-state index contributed by atoms with van der Waals surface area (Å²) in [5.74, 6) is 0. The quantitative estimate of drug-likeness (QED) is 0.108. The number of benzene rings is 6. The summed E-state index contributed by atoms with van der Waals surface area (Å²) in [5, 5.41) is 0. The van der Waals surface area contributed by atoms with Crippen LogP contribution in [0.3, 0.4) is 0 Å². The Bertz CT molecular complexity index is 2410. The molecule has 1 aliphatic rings. The van der Waals surface area contributed by atoms with E-state index in [2.05, 4.69) is 200 Å². The Hall–Kier alpha value is -6.42. The second-order valence-corrected chi connectivity index (χ2v) is 14.6. The van der Waals surface area contributed by atoms with Gasteiger partial charge in [-0.3, -0.25) is 0 Å². The minimum Gasteiger partial charge on any atom is -0.124 e. The Morgan fingerprint density at radius 1 is 0.482 bits per heavy atom. The van der Waals surface area contributed by atoms with Crippen LogP contribution in [0.5, 0.6) is 0 Å². The lowest BCUT2D eigenvalue weighted by Gasteiger charge is -2.20. The summed E-state index contributed by atoms with van der Waals surface area (Å²) < 4.78 is 0. The predicted octanol–water partition coefficient (Wildman–Crippen LogP) is 15.2. The summed E-state index contributed by atoms with van der Waals surface area (Å²) in [6, 6.07) is 56.3. The van der Waals surface area contributed by atoms with Crippen LogP contribution in [-0.2, 0) is 12.8 Å². The van der Waals surface area contributed by atoms with Gasteiger partial charge in [-0.05, 0) is 156 Å². The van der Waals surface area contributed by atoms with Crippen LogP contribution in [0.1, 0.15) is 79.1 Å². The molecule has 56 heavy (non-hydrogen) atoms. The fraction of sp³-hybridized carbons (Fsp3) is 0.143. The number of hydrogen-bond donors (Lipinski definition) is 0. The Morgan fingerprint density at radius 2 is 0.946 bits per heavy atom. The zero-order chi connectivity index (χ0) is 40.2. The van der Waals surface area contributed by atoms with Gasteiger partial charge in [0.05, 0.1) is 0 Å². The van der Waals surface area contributed by atoms with Crippen molar-refractivity contribution in [3.8, 4) is 24.0 Å². The molecule has 0 aliphatic heterocycles. The van der Waals surface area contributed by atoms with Crippen LogP contribution < -0.4 is 0 Å². The summed E-state index contributed by atoms with van der Waals surface area (Å²) in [6.45, 7) is 21.7. The number of rotatable bonds is 8. The average molecular weight is 727 g/mol. The maximum Gasteiger partial charge on any atom is -0.00550 e. The van der Waals surface area contributed by atoms with Gasteiger partial charge in [-0.25, -0.2) is 0 Å². The fourth-order valence-electron chi connectivity index (χ4n) is 7.43. The topological polar surface area (TPSA) is 0 Å². The largest absolute Gasteiger partial charge is 0.124 e. The molecular formula is C56H54. The fourth-order valence-corrected chi connectivity index (χ4v) is 7.43. The zero-order valence-electron chi connectivity index (χ0n) is 34.0. The molecule has 0 fully saturated rings. The third kappa shape index (κ3) is 9.62. The first-order valence-corrected chi connectivity index (χ1v) is 19.3. The molecule has 0 radical (unpaired) electrons. The van der Waals surface area contributed by atoms with Crippen LogP contribution in [0, 0.1) is 19.8 Å². The van der Waals surface area contributed by atoms with Crippen molar-refractivity contribution in [2.75, 3.05) is 0 Å². The predicted molar refractivity (Wildman–Crippen MR) is 247 cm³/mol. The first-order valence-electron chi connectivity index (χ1n) is 19.3. The van der Waals surface area contributed by atoms with Crippen molar-refractivity contribution in [3.63, 3.8) is 0 Å². The van der Waals surface area contributed by atoms with Gasteiger partial charge in [-0.2, -0.15) is 0 Å². The highest BCUT2D eigenvalue weighted by Gasteiger charge is 2.19. The maximum atomic E-state index is 4.68. The molecule has 0 unspecified atom stereocenters. The number of hydrogen-bond acceptors (Lipinski definition) is 0. The van der Waals surface area contributed by atoms with Crippen LogP contribution in [0.15, 0.2) is 188 Å². The molecule has 0 atom stereocenters. The van der Waals surface area contributed by atoms with E-state index in [0.29, 0.717) is 0 Å². The number of allylic oxidation sites excluding steroid dienone is 8. The van der Waals surface area contributed by atoms with E-state index in [9.17, 15) is 0 Å². The van der Waals surface area contributed by atoms with Gasteiger partial charge in [0, 0.05) is 0 Å². The van der Waals surface area contributed by atoms with E-state index in [-0.39, 0.29) is 0 Å². The van der Waals surface area contributed by atoms with Crippen molar-refractivity contribution in [2.24, 2.45) is 0 Å². The number of terminal acetylenes is 1. The van der Waals surface area contributed by atoms with E-state index in [1.54, 1.807) is 0 Å². The van der Waals surface area contributed by atoms with Crippen molar-refractivity contribution in [2.45, 2.75) is 54.4 Å². The lowest BCUT2D eigenvalue weighted by molar-refractivity contribution is 1.17. The molecule has 0 bridgehead atoms. The van der Waals surface area contributed by atoms with Crippen molar-refractivity contribution in [3.05, 3.63) is 232 Å². The highest BCUT2D eigenvalue weighted by molar-refractivity contribution is 5.98. The Labute approximate surface area is 337 Å². The molecule has 7 rings (SSSR count). The lowest BCUT2D eigenvalue weighted by atomic mass is 9.84. The van der Waals surface area contributed by atoms with Gasteiger partial charge in [0.15, 0.2) is 0 Å². The van der Waals surface area contributed by atoms with Crippen LogP contribution >= 0.6 is 0 Å². The molecule has 0 saturated carbocycles. The second-order valence-electron chi connectivity index (χ2n) is 14.6. The monoisotopic (exact) mass is 726 g/mol. The molecule has 6 aromatic carbocycles. The average Bonchev–Trinajstić information content (AvgIpc) is 3.70. The summed E-state index contributed by atoms with van der Waals surface area (Å²) >= 11 is 0. The van der Waals surface area contributed by atoms with Gasteiger partial charge >= 0.3 is 0 Å².